The van der Waals surface area contributed by atoms with Gasteiger partial charge in [0.05, 0.1) is 7.11 Å². The number of rotatable bonds is 8. The lowest BCUT2D eigenvalue weighted by molar-refractivity contribution is -0.136. The van der Waals surface area contributed by atoms with Crippen LogP contribution in [0.5, 0.6) is 5.75 Å². The topological polar surface area (TPSA) is 102 Å². The highest BCUT2D eigenvalue weighted by Crippen LogP contribution is 2.18. The van der Waals surface area contributed by atoms with Gasteiger partial charge in [0.2, 0.25) is 11.8 Å². The van der Waals surface area contributed by atoms with Gasteiger partial charge < -0.3 is 20.7 Å². The molecule has 148 valence electrons. The van der Waals surface area contributed by atoms with Gasteiger partial charge in [-0.1, -0.05) is 0 Å². The molecule has 1 aromatic rings. The van der Waals surface area contributed by atoms with Crippen molar-refractivity contribution in [3.05, 3.63) is 29.8 Å². The van der Waals surface area contributed by atoms with Crippen molar-refractivity contribution in [2.75, 3.05) is 32.2 Å². The van der Waals surface area contributed by atoms with E-state index in [1.165, 1.54) is 0 Å². The molecule has 0 spiro atoms. The van der Waals surface area contributed by atoms with Gasteiger partial charge in [-0.3, -0.25) is 14.4 Å². The SMILES string of the molecule is COc1ccc(C(=O)NC(CCSC)C(=O)N2CCC(C(N)=O)CC2)cc1. The number of likely N-dealkylation sites (tertiary alicyclic amines) is 1. The minimum atomic E-state index is -0.586. The van der Waals surface area contributed by atoms with Gasteiger partial charge >= 0.3 is 0 Å². The molecule has 0 saturated carbocycles. The Morgan fingerprint density at radius 3 is 2.41 bits per heavy atom. The molecule has 2 rings (SSSR count). The summed E-state index contributed by atoms with van der Waals surface area (Å²) >= 11 is 1.63. The lowest BCUT2D eigenvalue weighted by atomic mass is 9.95. The van der Waals surface area contributed by atoms with Crippen molar-refractivity contribution < 1.29 is 19.1 Å². The molecule has 0 bridgehead atoms. The van der Waals surface area contributed by atoms with E-state index in [1.54, 1.807) is 48.0 Å². The van der Waals surface area contributed by atoms with Crippen LogP contribution in [0.2, 0.25) is 0 Å². The van der Waals surface area contributed by atoms with Gasteiger partial charge in [-0.2, -0.15) is 11.8 Å². The summed E-state index contributed by atoms with van der Waals surface area (Å²) in [5.41, 5.74) is 5.83. The highest BCUT2D eigenvalue weighted by Gasteiger charge is 2.30. The van der Waals surface area contributed by atoms with E-state index in [2.05, 4.69) is 5.32 Å². The third-order valence-electron chi connectivity index (χ3n) is 4.78. The maximum Gasteiger partial charge on any atom is 0.251 e. The Morgan fingerprint density at radius 2 is 1.89 bits per heavy atom. The molecular weight excluding hydrogens is 366 g/mol. The van der Waals surface area contributed by atoms with Gasteiger partial charge in [-0.25, -0.2) is 0 Å². The third-order valence-corrected chi connectivity index (χ3v) is 5.42. The van der Waals surface area contributed by atoms with Crippen LogP contribution in [-0.2, 0) is 9.59 Å². The molecule has 3 N–H and O–H groups in total. The number of primary amides is 1. The van der Waals surface area contributed by atoms with Gasteiger partial charge in [-0.15, -0.1) is 0 Å². The van der Waals surface area contributed by atoms with Gasteiger partial charge in [0.15, 0.2) is 0 Å². The van der Waals surface area contributed by atoms with Crippen molar-refractivity contribution >= 4 is 29.5 Å². The zero-order valence-electron chi connectivity index (χ0n) is 15.8. The first-order valence-electron chi connectivity index (χ1n) is 8.98. The van der Waals surface area contributed by atoms with Crippen LogP contribution in [0, 0.1) is 5.92 Å². The van der Waals surface area contributed by atoms with Crippen LogP contribution in [0.4, 0.5) is 0 Å². The summed E-state index contributed by atoms with van der Waals surface area (Å²) in [6.07, 6.45) is 3.66. The molecule has 0 aliphatic carbocycles. The smallest absolute Gasteiger partial charge is 0.251 e. The van der Waals surface area contributed by atoms with Gasteiger partial charge in [-0.05, 0) is 55.5 Å². The molecule has 27 heavy (non-hydrogen) atoms. The van der Waals surface area contributed by atoms with Crippen LogP contribution in [0.25, 0.3) is 0 Å². The number of benzene rings is 1. The highest BCUT2D eigenvalue weighted by molar-refractivity contribution is 7.98. The van der Waals surface area contributed by atoms with E-state index in [1.807, 2.05) is 6.26 Å². The zero-order chi connectivity index (χ0) is 19.8. The maximum atomic E-state index is 12.9. The quantitative estimate of drug-likeness (QED) is 0.693. The average Bonchev–Trinajstić information content (AvgIpc) is 2.70. The van der Waals surface area contributed by atoms with Crippen LogP contribution in [0.1, 0.15) is 29.6 Å². The van der Waals surface area contributed by atoms with Gasteiger partial charge in [0.1, 0.15) is 11.8 Å². The molecule has 0 aromatic heterocycles. The van der Waals surface area contributed by atoms with E-state index in [0.717, 1.165) is 5.75 Å². The number of carbonyl (C=O) groups is 3. The first-order valence-corrected chi connectivity index (χ1v) is 10.4. The van der Waals surface area contributed by atoms with Crippen molar-refractivity contribution in [3.63, 3.8) is 0 Å². The van der Waals surface area contributed by atoms with Gasteiger partial charge in [0, 0.05) is 24.6 Å². The molecule has 8 heteroatoms. The van der Waals surface area contributed by atoms with Crippen LogP contribution in [0.15, 0.2) is 24.3 Å². The number of piperidine rings is 1. The second-order valence-corrected chi connectivity index (χ2v) is 7.52. The highest BCUT2D eigenvalue weighted by atomic mass is 32.2. The molecule has 1 aliphatic heterocycles. The molecule has 1 aliphatic rings. The standard InChI is InChI=1S/C19H27N3O4S/c1-26-15-5-3-14(4-6-15)18(24)21-16(9-12-27-2)19(25)22-10-7-13(8-11-22)17(20)23/h3-6,13,16H,7-12H2,1-2H3,(H2,20,23)(H,21,24). The number of amides is 3. The predicted molar refractivity (Wildman–Crippen MR) is 106 cm³/mol. The Kier molecular flexibility index (Phi) is 7.97. The lowest BCUT2D eigenvalue weighted by Gasteiger charge is -2.33. The largest absolute Gasteiger partial charge is 0.497 e. The Hall–Kier alpha value is -2.22. The Morgan fingerprint density at radius 1 is 1.26 bits per heavy atom. The average molecular weight is 394 g/mol. The maximum absolute atomic E-state index is 12.9. The van der Waals surface area contributed by atoms with E-state index < -0.39 is 6.04 Å². The normalized spacial score (nSPS) is 15.9. The fourth-order valence-corrected chi connectivity index (χ4v) is 3.55. The Bertz CT molecular complexity index is 657. The van der Waals surface area contributed by atoms with E-state index in [4.69, 9.17) is 10.5 Å². The van der Waals surface area contributed by atoms with Crippen molar-refractivity contribution in [1.29, 1.82) is 0 Å². The van der Waals surface area contributed by atoms with Crippen molar-refractivity contribution in [1.82, 2.24) is 10.2 Å². The molecule has 0 radical (unpaired) electrons. The first kappa shape index (κ1) is 21.1. The van der Waals surface area contributed by atoms with Crippen LogP contribution < -0.4 is 15.8 Å². The predicted octanol–water partition coefficient (Wildman–Crippen LogP) is 1.27. The summed E-state index contributed by atoms with van der Waals surface area (Å²) in [7, 11) is 1.56. The molecule has 1 aromatic carbocycles. The number of methoxy groups -OCH3 is 1. The van der Waals surface area contributed by atoms with Crippen molar-refractivity contribution in [3.8, 4) is 5.75 Å². The fraction of sp³-hybridized carbons (Fsp3) is 0.526. The lowest BCUT2D eigenvalue weighted by Crippen LogP contribution is -2.51. The molecule has 3 amide bonds. The summed E-state index contributed by atoms with van der Waals surface area (Å²) in [6, 6.07) is 6.17. The number of ether oxygens (including phenoxy) is 1. The summed E-state index contributed by atoms with van der Waals surface area (Å²) in [4.78, 5) is 38.5. The number of nitrogens with two attached hydrogens (primary N) is 1. The van der Waals surface area contributed by atoms with E-state index in [-0.39, 0.29) is 23.6 Å². The second-order valence-electron chi connectivity index (χ2n) is 6.54. The molecule has 1 unspecified atom stereocenters. The molecule has 1 heterocycles. The van der Waals surface area contributed by atoms with E-state index in [9.17, 15) is 14.4 Å². The van der Waals surface area contributed by atoms with Crippen LogP contribution in [0.3, 0.4) is 0 Å². The second kappa shape index (κ2) is 10.2. The zero-order valence-corrected chi connectivity index (χ0v) is 16.6. The molecule has 1 atom stereocenters. The van der Waals surface area contributed by atoms with Crippen LogP contribution >= 0.6 is 11.8 Å². The van der Waals surface area contributed by atoms with E-state index >= 15 is 0 Å². The van der Waals surface area contributed by atoms with Crippen molar-refractivity contribution in [2.45, 2.75) is 25.3 Å². The number of hydrogen-bond donors (Lipinski definition) is 2. The van der Waals surface area contributed by atoms with Crippen molar-refractivity contribution in [2.24, 2.45) is 11.7 Å². The Labute approximate surface area is 164 Å². The van der Waals surface area contributed by atoms with E-state index in [0.29, 0.717) is 43.7 Å². The molecule has 7 nitrogen and oxygen atoms in total. The monoisotopic (exact) mass is 393 g/mol. The minimum Gasteiger partial charge on any atom is -0.497 e. The minimum absolute atomic E-state index is 0.103. The van der Waals surface area contributed by atoms with Gasteiger partial charge in [0.25, 0.3) is 5.91 Å². The first-order chi connectivity index (χ1) is 13.0. The molecule has 1 fully saturated rings. The summed E-state index contributed by atoms with van der Waals surface area (Å²) in [6.45, 7) is 0.973. The number of thioether (sulfide) groups is 1. The summed E-state index contributed by atoms with van der Waals surface area (Å²) in [5.74, 6) is 0.551. The summed E-state index contributed by atoms with van der Waals surface area (Å²) < 4.78 is 5.10. The number of carbonyl (C=O) groups excluding carboxylic acids is 3. The third kappa shape index (κ3) is 5.89. The fourth-order valence-electron chi connectivity index (χ4n) is 3.08. The number of nitrogens with zero attached hydrogens (tertiary/aromatic N) is 1. The summed E-state index contributed by atoms with van der Waals surface area (Å²) in [5, 5.41) is 2.86. The molecule has 1 saturated heterocycles. The van der Waals surface area contributed by atoms with Crippen LogP contribution in [-0.4, -0.2) is 60.9 Å². The molecular formula is C19H27N3O4S. The number of hydrogen-bond acceptors (Lipinski definition) is 5. The Balaban J connectivity index is 2.01. The number of nitrogens with one attached hydrogen (secondary N) is 1.